The van der Waals surface area contributed by atoms with Crippen molar-refractivity contribution in [3.63, 3.8) is 0 Å². The van der Waals surface area contributed by atoms with E-state index < -0.39 is 55.4 Å². The molecular formula is C8H6F7O4P. The summed E-state index contributed by atoms with van der Waals surface area (Å²) >= 11 is 0. The summed E-state index contributed by atoms with van der Waals surface area (Å²) in [5.41, 5.74) is -1.44. The van der Waals surface area contributed by atoms with Gasteiger partial charge in [-0.3, -0.25) is 4.89 Å². The summed E-state index contributed by atoms with van der Waals surface area (Å²) in [6.07, 6.45) is -2.16. The number of halogens is 7. The molecule has 0 bridgehead atoms. The molecule has 0 aromatic heterocycles. The van der Waals surface area contributed by atoms with Crippen molar-refractivity contribution in [2.24, 2.45) is 0 Å². The molecule has 0 amide bonds. The van der Waals surface area contributed by atoms with E-state index in [4.69, 9.17) is 19.7 Å². The molecule has 0 aliphatic carbocycles. The van der Waals surface area contributed by atoms with Crippen molar-refractivity contribution < 1.29 is 50.0 Å². The molecule has 1 aromatic rings. The predicted octanol–water partition coefficient (Wildman–Crippen LogP) is 2.43. The van der Waals surface area contributed by atoms with Crippen LogP contribution in [0.15, 0.2) is 0 Å². The van der Waals surface area contributed by atoms with Crippen LogP contribution < -0.4 is 0 Å². The average molecular weight is 330 g/mol. The summed E-state index contributed by atoms with van der Waals surface area (Å²) in [6.45, 7) is -1.15. The van der Waals surface area contributed by atoms with Crippen molar-refractivity contribution in [3.05, 3.63) is 34.6 Å². The summed E-state index contributed by atoms with van der Waals surface area (Å²) in [6, 6.07) is 0. The van der Waals surface area contributed by atoms with E-state index >= 15 is 0 Å². The van der Waals surface area contributed by atoms with Gasteiger partial charge in [0.25, 0.3) is 0 Å². The van der Waals surface area contributed by atoms with E-state index in [2.05, 4.69) is 0 Å². The number of aliphatic hydroxyl groups excluding tert-OH is 2. The Morgan fingerprint density at radius 3 is 1.40 bits per heavy atom. The molecule has 0 saturated heterocycles. The van der Waals surface area contributed by atoms with Gasteiger partial charge in [-0.25, -0.2) is 26.5 Å². The summed E-state index contributed by atoms with van der Waals surface area (Å²) in [5.74, 6) is -10.9. The maximum atomic E-state index is 12.8. The van der Waals surface area contributed by atoms with Crippen LogP contribution in [0.3, 0.4) is 0 Å². The Bertz CT molecular complexity index is 495. The van der Waals surface area contributed by atoms with Gasteiger partial charge in [-0.2, -0.15) is 0 Å². The van der Waals surface area contributed by atoms with Crippen molar-refractivity contribution >= 4 is 7.99 Å². The highest BCUT2D eigenvalue weighted by Crippen LogP contribution is 2.43. The standard InChI is InChI=1S/C8H5F5O2.F2HO2P/c9-4-3(2(15)1-14)5(10)7(12)8(13)6(4)11;1-5(2,3)4/h2,14-15H,1H2;(H,3,4). The van der Waals surface area contributed by atoms with Crippen molar-refractivity contribution in [1.82, 2.24) is 0 Å². The molecule has 20 heavy (non-hydrogen) atoms. The van der Waals surface area contributed by atoms with Crippen LogP contribution in [-0.2, 0) is 4.57 Å². The molecule has 4 nitrogen and oxygen atoms in total. The molecular weight excluding hydrogens is 324 g/mol. The van der Waals surface area contributed by atoms with E-state index in [1.54, 1.807) is 0 Å². The number of rotatable bonds is 2. The molecule has 1 aromatic carbocycles. The first-order chi connectivity index (χ1) is 8.91. The molecule has 116 valence electrons. The first kappa shape index (κ1) is 18.8. The van der Waals surface area contributed by atoms with Gasteiger partial charge in [-0.1, -0.05) is 0 Å². The Morgan fingerprint density at radius 1 is 0.900 bits per heavy atom. The van der Waals surface area contributed by atoms with Crippen molar-refractivity contribution in [1.29, 1.82) is 0 Å². The lowest BCUT2D eigenvalue weighted by atomic mass is 10.1. The fourth-order valence-electron chi connectivity index (χ4n) is 1.01. The SMILES string of the molecule is O=P(O)(F)F.OCC(O)c1c(F)c(F)c(F)c(F)c1F. The second kappa shape index (κ2) is 7.02. The number of hydrogen-bond donors (Lipinski definition) is 3. The molecule has 3 N–H and O–H groups in total. The molecule has 0 saturated carbocycles. The van der Waals surface area contributed by atoms with E-state index in [1.807, 2.05) is 0 Å². The maximum absolute atomic E-state index is 12.8. The lowest BCUT2D eigenvalue weighted by Crippen LogP contribution is -2.13. The van der Waals surface area contributed by atoms with E-state index in [0.29, 0.717) is 0 Å². The first-order valence-corrected chi connectivity index (χ1v) is 5.88. The van der Waals surface area contributed by atoms with E-state index in [0.717, 1.165) is 0 Å². The Morgan fingerprint density at radius 2 is 1.15 bits per heavy atom. The van der Waals surface area contributed by atoms with Gasteiger partial charge in [-0.15, -0.1) is 8.39 Å². The number of benzene rings is 1. The highest BCUT2D eigenvalue weighted by Gasteiger charge is 2.29. The topological polar surface area (TPSA) is 77.8 Å². The normalized spacial score (nSPS) is 12.7. The minimum absolute atomic E-state index is 1.15. The Balaban J connectivity index is 0.000000621. The van der Waals surface area contributed by atoms with Crippen LogP contribution in [0.25, 0.3) is 0 Å². The van der Waals surface area contributed by atoms with Gasteiger partial charge in [0.15, 0.2) is 23.3 Å². The van der Waals surface area contributed by atoms with Crippen LogP contribution in [0, 0.1) is 29.1 Å². The van der Waals surface area contributed by atoms with E-state index in [-0.39, 0.29) is 0 Å². The van der Waals surface area contributed by atoms with Gasteiger partial charge >= 0.3 is 7.99 Å². The van der Waals surface area contributed by atoms with Gasteiger partial charge in [0.2, 0.25) is 5.82 Å². The highest BCUT2D eigenvalue weighted by molar-refractivity contribution is 7.46. The van der Waals surface area contributed by atoms with E-state index in [1.165, 1.54) is 0 Å². The summed E-state index contributed by atoms with van der Waals surface area (Å²) < 4.78 is 92.0. The van der Waals surface area contributed by atoms with Crippen LogP contribution in [0.1, 0.15) is 11.7 Å². The smallest absolute Gasteiger partial charge is 0.393 e. The zero-order valence-corrected chi connectivity index (χ0v) is 10.0. The highest BCUT2D eigenvalue weighted by atomic mass is 31.2. The lowest BCUT2D eigenvalue weighted by molar-refractivity contribution is 0.0873. The molecule has 0 aliphatic rings. The largest absolute Gasteiger partial charge is 0.549 e. The third-order valence-electron chi connectivity index (χ3n) is 1.75. The van der Waals surface area contributed by atoms with Crippen LogP contribution in [0.5, 0.6) is 0 Å². The minimum Gasteiger partial charge on any atom is -0.393 e. The lowest BCUT2D eigenvalue weighted by Gasteiger charge is -2.11. The van der Waals surface area contributed by atoms with Gasteiger partial charge in [0, 0.05) is 0 Å². The molecule has 0 aliphatic heterocycles. The molecule has 0 fully saturated rings. The third kappa shape index (κ3) is 5.08. The number of aliphatic hydroxyl groups is 2. The number of hydrogen-bond acceptors (Lipinski definition) is 3. The van der Waals surface area contributed by atoms with Crippen molar-refractivity contribution in [2.45, 2.75) is 6.10 Å². The second-order valence-corrected chi connectivity index (χ2v) is 3.99. The molecule has 0 radical (unpaired) electrons. The van der Waals surface area contributed by atoms with Crippen LogP contribution >= 0.6 is 7.99 Å². The van der Waals surface area contributed by atoms with Gasteiger partial charge in [0.1, 0.15) is 6.10 Å². The van der Waals surface area contributed by atoms with Crippen molar-refractivity contribution in [2.75, 3.05) is 6.61 Å². The summed E-state index contributed by atoms with van der Waals surface area (Å²) in [7, 11) is -5.64. The zero-order valence-electron chi connectivity index (χ0n) is 9.13. The first-order valence-electron chi connectivity index (χ1n) is 4.44. The Hall–Kier alpha value is -1.16. The molecule has 1 atom stereocenters. The van der Waals surface area contributed by atoms with Gasteiger partial charge < -0.3 is 10.2 Å². The fraction of sp³-hybridized carbons (Fsp3) is 0.250. The quantitative estimate of drug-likeness (QED) is 0.337. The van der Waals surface area contributed by atoms with Crippen LogP contribution in [-0.4, -0.2) is 21.7 Å². The fourth-order valence-corrected chi connectivity index (χ4v) is 1.01. The molecule has 0 spiro atoms. The second-order valence-electron chi connectivity index (χ2n) is 3.12. The molecule has 1 rings (SSSR count). The van der Waals surface area contributed by atoms with Gasteiger partial charge in [-0.05, 0) is 0 Å². The zero-order chi connectivity index (χ0) is 16.2. The van der Waals surface area contributed by atoms with Crippen LogP contribution in [0.2, 0.25) is 0 Å². The Labute approximate surface area is 106 Å². The maximum Gasteiger partial charge on any atom is 0.549 e. The molecule has 1 unspecified atom stereocenters. The average Bonchev–Trinajstić information content (AvgIpc) is 2.32. The molecule has 0 heterocycles. The van der Waals surface area contributed by atoms with Crippen molar-refractivity contribution in [3.8, 4) is 0 Å². The van der Waals surface area contributed by atoms with E-state index in [9.17, 15) is 30.3 Å². The molecule has 12 heteroatoms. The predicted molar refractivity (Wildman–Crippen MR) is 50.3 cm³/mol. The third-order valence-corrected chi connectivity index (χ3v) is 1.75. The monoisotopic (exact) mass is 330 g/mol. The Kier molecular flexibility index (Phi) is 6.62. The summed E-state index contributed by atoms with van der Waals surface area (Å²) in [5, 5.41) is 17.2. The minimum atomic E-state index is -5.64. The van der Waals surface area contributed by atoms with Crippen LogP contribution in [0.4, 0.5) is 30.3 Å². The van der Waals surface area contributed by atoms with Gasteiger partial charge in [0.05, 0.1) is 12.2 Å². The summed E-state index contributed by atoms with van der Waals surface area (Å²) in [4.78, 5) is 6.74.